The third-order valence-electron chi connectivity index (χ3n) is 2.46. The van der Waals surface area contributed by atoms with Crippen molar-refractivity contribution in [1.82, 2.24) is 10.2 Å². The predicted molar refractivity (Wildman–Crippen MR) is 63.5 cm³/mol. The van der Waals surface area contributed by atoms with Gasteiger partial charge in [0.05, 0.1) is 0 Å². The highest BCUT2D eigenvalue weighted by Crippen LogP contribution is 2.27. The molecule has 0 aliphatic carbocycles. The molecule has 0 aromatic heterocycles. The first-order valence-electron chi connectivity index (χ1n) is 4.88. The third-order valence-corrected chi connectivity index (χ3v) is 2.77. The Morgan fingerprint density at radius 3 is 2.82 bits per heavy atom. The van der Waals surface area contributed by atoms with Crippen LogP contribution in [0.5, 0.6) is 0 Å². The second-order valence-electron chi connectivity index (χ2n) is 3.60. The minimum absolute atomic E-state index is 0.0527. The summed E-state index contributed by atoms with van der Waals surface area (Å²) in [4.78, 5) is 1.44. The van der Waals surface area contributed by atoms with Gasteiger partial charge < -0.3 is 25.4 Å². The SMILES string of the molecule is C=C1C=CN([C@@H]2OC(CO)=C(O)C2O)C(=S)N1. The normalized spacial score (nSPS) is 28.5. The van der Waals surface area contributed by atoms with Crippen molar-refractivity contribution in [3.63, 3.8) is 0 Å². The molecule has 4 N–H and O–H groups in total. The van der Waals surface area contributed by atoms with Gasteiger partial charge in [-0.1, -0.05) is 6.58 Å². The molecular formula is C10H12N2O4S. The highest BCUT2D eigenvalue weighted by atomic mass is 32.1. The molecule has 2 atom stereocenters. The molecule has 92 valence electrons. The van der Waals surface area contributed by atoms with Crippen LogP contribution in [-0.4, -0.2) is 44.3 Å². The molecule has 0 radical (unpaired) electrons. The molecule has 0 saturated carbocycles. The predicted octanol–water partition coefficient (Wildman–Crippen LogP) is -0.317. The fraction of sp³-hybridized carbons (Fsp3) is 0.300. The first-order chi connectivity index (χ1) is 8.04. The number of ether oxygens (including phenoxy) is 1. The van der Waals surface area contributed by atoms with Crippen molar-refractivity contribution in [2.24, 2.45) is 0 Å². The first kappa shape index (κ1) is 11.9. The summed E-state index contributed by atoms with van der Waals surface area (Å²) in [5.41, 5.74) is 0.623. The van der Waals surface area contributed by atoms with E-state index in [0.29, 0.717) is 10.8 Å². The first-order valence-corrected chi connectivity index (χ1v) is 5.29. The molecule has 0 aromatic carbocycles. The highest BCUT2D eigenvalue weighted by Gasteiger charge is 2.40. The van der Waals surface area contributed by atoms with E-state index in [1.165, 1.54) is 4.90 Å². The summed E-state index contributed by atoms with van der Waals surface area (Å²) in [6, 6.07) is 0. The van der Waals surface area contributed by atoms with Gasteiger partial charge in [-0.05, 0) is 18.3 Å². The molecule has 6 nitrogen and oxygen atoms in total. The van der Waals surface area contributed by atoms with Crippen molar-refractivity contribution in [2.45, 2.75) is 12.3 Å². The number of aliphatic hydroxyl groups is 3. The Bertz CT molecular complexity index is 432. The van der Waals surface area contributed by atoms with Crippen molar-refractivity contribution in [1.29, 1.82) is 0 Å². The van der Waals surface area contributed by atoms with Gasteiger partial charge in [0.2, 0.25) is 6.23 Å². The molecule has 0 fully saturated rings. The largest absolute Gasteiger partial charge is 0.506 e. The Morgan fingerprint density at radius 1 is 1.59 bits per heavy atom. The van der Waals surface area contributed by atoms with E-state index in [2.05, 4.69) is 11.9 Å². The molecule has 7 heteroatoms. The van der Waals surface area contributed by atoms with Gasteiger partial charge >= 0.3 is 0 Å². The average Bonchev–Trinajstić information content (AvgIpc) is 2.57. The molecule has 1 unspecified atom stereocenters. The van der Waals surface area contributed by atoms with Crippen LogP contribution in [0.25, 0.3) is 0 Å². The summed E-state index contributed by atoms with van der Waals surface area (Å²) in [6.07, 6.45) is 1.09. The lowest BCUT2D eigenvalue weighted by atomic mass is 10.2. The molecule has 2 rings (SSSR count). The number of nitrogens with one attached hydrogen (secondary N) is 1. The molecule has 2 aliphatic heterocycles. The molecule has 0 bridgehead atoms. The number of aliphatic hydroxyl groups excluding tert-OH is 3. The minimum Gasteiger partial charge on any atom is -0.506 e. The number of hydrogen-bond acceptors (Lipinski definition) is 5. The standard InChI is InChI=1S/C10H12N2O4S/c1-5-2-3-12(10(17)11-5)9-8(15)7(14)6(4-13)16-9/h2-3,8-9,13-15H,1,4H2,(H,11,17)/t8?,9-/m1/s1. The van der Waals surface area contributed by atoms with Gasteiger partial charge in [0.15, 0.2) is 22.7 Å². The van der Waals surface area contributed by atoms with Crippen LogP contribution >= 0.6 is 12.2 Å². The second kappa shape index (κ2) is 4.36. The van der Waals surface area contributed by atoms with Crippen molar-refractivity contribution < 1.29 is 20.1 Å². The number of allylic oxidation sites excluding steroid dienone is 1. The van der Waals surface area contributed by atoms with Crippen LogP contribution in [0, 0.1) is 0 Å². The summed E-state index contributed by atoms with van der Waals surface area (Å²) >= 11 is 5.06. The Morgan fingerprint density at radius 2 is 2.29 bits per heavy atom. The molecule has 0 spiro atoms. The quantitative estimate of drug-likeness (QED) is 0.504. The molecular weight excluding hydrogens is 244 g/mol. The number of thiocarbonyl (C=S) groups is 1. The number of hydrogen-bond donors (Lipinski definition) is 4. The van der Waals surface area contributed by atoms with Crippen LogP contribution in [0.2, 0.25) is 0 Å². The zero-order valence-corrected chi connectivity index (χ0v) is 9.65. The van der Waals surface area contributed by atoms with E-state index in [1.54, 1.807) is 12.3 Å². The number of rotatable bonds is 2. The molecule has 17 heavy (non-hydrogen) atoms. The summed E-state index contributed by atoms with van der Waals surface area (Å²) in [5.74, 6) is -0.429. The molecule has 0 amide bonds. The van der Waals surface area contributed by atoms with Crippen LogP contribution in [0.3, 0.4) is 0 Å². The van der Waals surface area contributed by atoms with E-state index in [4.69, 9.17) is 22.1 Å². The van der Waals surface area contributed by atoms with E-state index in [9.17, 15) is 10.2 Å². The van der Waals surface area contributed by atoms with Crippen LogP contribution in [-0.2, 0) is 4.74 Å². The maximum Gasteiger partial charge on any atom is 0.211 e. The van der Waals surface area contributed by atoms with Gasteiger partial charge in [0.25, 0.3) is 0 Å². The monoisotopic (exact) mass is 256 g/mol. The smallest absolute Gasteiger partial charge is 0.211 e. The van der Waals surface area contributed by atoms with E-state index in [0.717, 1.165) is 0 Å². The van der Waals surface area contributed by atoms with Crippen LogP contribution < -0.4 is 5.32 Å². The van der Waals surface area contributed by atoms with Gasteiger partial charge in [-0.3, -0.25) is 4.90 Å². The van der Waals surface area contributed by atoms with Gasteiger partial charge in [0, 0.05) is 11.9 Å². The van der Waals surface area contributed by atoms with Gasteiger partial charge in [-0.2, -0.15) is 0 Å². The van der Waals surface area contributed by atoms with E-state index >= 15 is 0 Å². The lowest BCUT2D eigenvalue weighted by Gasteiger charge is -2.32. The Hall–Kier alpha value is -1.57. The highest BCUT2D eigenvalue weighted by molar-refractivity contribution is 7.80. The van der Waals surface area contributed by atoms with E-state index in [-0.39, 0.29) is 11.5 Å². The number of nitrogens with zero attached hydrogens (tertiary/aromatic N) is 1. The topological polar surface area (TPSA) is 85.2 Å². The van der Waals surface area contributed by atoms with Crippen LogP contribution in [0.4, 0.5) is 0 Å². The maximum atomic E-state index is 9.77. The third kappa shape index (κ3) is 1.99. The van der Waals surface area contributed by atoms with Gasteiger partial charge in [0.1, 0.15) is 6.61 Å². The molecule has 0 aromatic rings. The lowest BCUT2D eigenvalue weighted by molar-refractivity contribution is -0.0237. The molecule has 2 aliphatic rings. The Kier molecular flexibility index (Phi) is 3.05. The lowest BCUT2D eigenvalue weighted by Crippen LogP contribution is -2.48. The average molecular weight is 256 g/mol. The zero-order valence-electron chi connectivity index (χ0n) is 8.83. The van der Waals surface area contributed by atoms with Crippen molar-refractivity contribution in [3.8, 4) is 0 Å². The van der Waals surface area contributed by atoms with Crippen molar-refractivity contribution in [3.05, 3.63) is 36.1 Å². The Balaban J connectivity index is 2.19. The van der Waals surface area contributed by atoms with Crippen LogP contribution in [0.1, 0.15) is 0 Å². The molecule has 0 saturated heterocycles. The fourth-order valence-corrected chi connectivity index (χ4v) is 1.88. The maximum absolute atomic E-state index is 9.77. The van der Waals surface area contributed by atoms with Gasteiger partial charge in [-0.15, -0.1) is 0 Å². The molecule has 2 heterocycles. The summed E-state index contributed by atoms with van der Waals surface area (Å²) < 4.78 is 5.23. The van der Waals surface area contributed by atoms with Crippen LogP contribution in [0.15, 0.2) is 36.1 Å². The fourth-order valence-electron chi connectivity index (χ4n) is 1.58. The summed E-state index contributed by atoms with van der Waals surface area (Å²) in [5, 5.41) is 31.3. The van der Waals surface area contributed by atoms with Crippen molar-refractivity contribution in [2.75, 3.05) is 6.61 Å². The van der Waals surface area contributed by atoms with E-state index < -0.39 is 18.9 Å². The summed E-state index contributed by atoms with van der Waals surface area (Å²) in [7, 11) is 0. The van der Waals surface area contributed by atoms with Crippen molar-refractivity contribution >= 4 is 17.3 Å². The summed E-state index contributed by atoms with van der Waals surface area (Å²) in [6.45, 7) is 3.19. The van der Waals surface area contributed by atoms with E-state index in [1.807, 2.05) is 0 Å². The zero-order chi connectivity index (χ0) is 12.6. The minimum atomic E-state index is -1.26. The Labute approximate surface area is 103 Å². The second-order valence-corrected chi connectivity index (χ2v) is 3.98. The van der Waals surface area contributed by atoms with Gasteiger partial charge in [-0.25, -0.2) is 0 Å².